The Balaban J connectivity index is 1.66. The lowest BCUT2D eigenvalue weighted by molar-refractivity contribution is -0.141. The van der Waals surface area contributed by atoms with Crippen LogP contribution in [0.4, 0.5) is 0 Å². The molecule has 2 saturated heterocycles. The quantitative estimate of drug-likeness (QED) is 0.882. The van der Waals surface area contributed by atoms with E-state index in [-0.39, 0.29) is 12.0 Å². The monoisotopic (exact) mass is 274 g/mol. The Morgan fingerprint density at radius 1 is 1.35 bits per heavy atom. The maximum atomic E-state index is 11.0. The van der Waals surface area contributed by atoms with E-state index in [4.69, 9.17) is 5.11 Å². The fraction of sp³-hybridized carbons (Fsp3) is 0.562. The van der Waals surface area contributed by atoms with Crippen molar-refractivity contribution in [3.63, 3.8) is 0 Å². The highest BCUT2D eigenvalue weighted by atomic mass is 16.4. The van der Waals surface area contributed by atoms with Crippen LogP contribution in [0.1, 0.15) is 36.4 Å². The lowest BCUT2D eigenvalue weighted by Crippen LogP contribution is -2.19. The molecule has 0 radical (unpaired) electrons. The van der Waals surface area contributed by atoms with Crippen molar-refractivity contribution in [3.8, 4) is 0 Å². The summed E-state index contributed by atoms with van der Waals surface area (Å²) in [7, 11) is 0. The summed E-state index contributed by atoms with van der Waals surface area (Å²) in [5, 5.41) is 12.4. The highest BCUT2D eigenvalue weighted by Crippen LogP contribution is 2.28. The average molecular weight is 274 g/mol. The Kier molecular flexibility index (Phi) is 4.03. The Labute approximate surface area is 119 Å². The second-order valence-corrected chi connectivity index (χ2v) is 5.96. The number of rotatable bonds is 4. The third-order valence-corrected chi connectivity index (χ3v) is 4.44. The van der Waals surface area contributed by atoms with Gasteiger partial charge in [0.05, 0.1) is 5.92 Å². The summed E-state index contributed by atoms with van der Waals surface area (Å²) >= 11 is 0. The number of nitrogens with one attached hydrogen (secondary N) is 1. The molecule has 0 bridgehead atoms. The van der Waals surface area contributed by atoms with Crippen molar-refractivity contribution in [2.45, 2.75) is 31.8 Å². The topological polar surface area (TPSA) is 52.6 Å². The van der Waals surface area contributed by atoms with Crippen molar-refractivity contribution in [1.29, 1.82) is 0 Å². The van der Waals surface area contributed by atoms with Gasteiger partial charge in [-0.1, -0.05) is 24.3 Å². The van der Waals surface area contributed by atoms with Gasteiger partial charge >= 0.3 is 5.97 Å². The molecule has 0 aromatic heterocycles. The maximum Gasteiger partial charge on any atom is 0.307 e. The van der Waals surface area contributed by atoms with Gasteiger partial charge in [0.15, 0.2) is 0 Å². The highest BCUT2D eigenvalue weighted by molar-refractivity contribution is 5.70. The molecule has 2 aliphatic heterocycles. The molecule has 0 aliphatic carbocycles. The van der Waals surface area contributed by atoms with Crippen LogP contribution in [0.2, 0.25) is 0 Å². The predicted molar refractivity (Wildman–Crippen MR) is 77.4 cm³/mol. The van der Waals surface area contributed by atoms with Crippen LogP contribution in [-0.4, -0.2) is 35.6 Å². The minimum absolute atomic E-state index is 0.189. The average Bonchev–Trinajstić information content (AvgIpc) is 3.09. The Bertz CT molecular complexity index is 483. The molecule has 3 rings (SSSR count). The van der Waals surface area contributed by atoms with Crippen molar-refractivity contribution < 1.29 is 9.90 Å². The molecule has 4 nitrogen and oxygen atoms in total. The lowest BCUT2D eigenvalue weighted by atomic mass is 9.98. The molecule has 0 amide bonds. The second kappa shape index (κ2) is 5.94. The third-order valence-electron chi connectivity index (χ3n) is 4.44. The molecular weight excluding hydrogens is 252 g/mol. The van der Waals surface area contributed by atoms with Crippen LogP contribution in [-0.2, 0) is 11.3 Å². The molecule has 2 atom stereocenters. The van der Waals surface area contributed by atoms with Crippen LogP contribution in [0, 0.1) is 5.92 Å². The first kappa shape index (κ1) is 13.6. The van der Waals surface area contributed by atoms with E-state index in [2.05, 4.69) is 34.5 Å². The lowest BCUT2D eigenvalue weighted by Gasteiger charge is -2.17. The van der Waals surface area contributed by atoms with E-state index in [9.17, 15) is 4.79 Å². The van der Waals surface area contributed by atoms with Gasteiger partial charge in [-0.15, -0.1) is 0 Å². The fourth-order valence-electron chi connectivity index (χ4n) is 3.28. The van der Waals surface area contributed by atoms with Crippen LogP contribution < -0.4 is 5.32 Å². The molecule has 2 fully saturated rings. The summed E-state index contributed by atoms with van der Waals surface area (Å²) in [6.07, 6.45) is 3.32. The van der Waals surface area contributed by atoms with Crippen molar-refractivity contribution in [2.24, 2.45) is 5.92 Å². The van der Waals surface area contributed by atoms with Gasteiger partial charge in [0.25, 0.3) is 0 Å². The zero-order valence-electron chi connectivity index (χ0n) is 11.7. The number of aliphatic carboxylic acids is 1. The van der Waals surface area contributed by atoms with E-state index in [1.165, 1.54) is 37.1 Å². The standard InChI is InChI=1S/C16H22N2O2/c19-16(20)14-9-15(17-10-14)13-5-3-4-12(8-13)11-18-6-1-2-7-18/h3-5,8,14-15,17H,1-2,6-7,9-11H2,(H,19,20). The van der Waals surface area contributed by atoms with Crippen molar-refractivity contribution in [3.05, 3.63) is 35.4 Å². The molecule has 2 N–H and O–H groups in total. The molecular formula is C16H22N2O2. The van der Waals surface area contributed by atoms with E-state index in [0.717, 1.165) is 6.54 Å². The zero-order valence-corrected chi connectivity index (χ0v) is 11.7. The molecule has 2 unspecified atom stereocenters. The summed E-state index contributed by atoms with van der Waals surface area (Å²) in [6.45, 7) is 4.00. The van der Waals surface area contributed by atoms with Gasteiger partial charge in [-0.05, 0) is 43.5 Å². The van der Waals surface area contributed by atoms with Gasteiger partial charge in [0.2, 0.25) is 0 Å². The first-order valence-electron chi connectivity index (χ1n) is 7.50. The van der Waals surface area contributed by atoms with E-state index in [1.807, 2.05) is 0 Å². The molecule has 0 spiro atoms. The van der Waals surface area contributed by atoms with Crippen LogP contribution in [0.25, 0.3) is 0 Å². The third kappa shape index (κ3) is 3.02. The second-order valence-electron chi connectivity index (χ2n) is 5.96. The van der Waals surface area contributed by atoms with Gasteiger partial charge in [-0.25, -0.2) is 0 Å². The molecule has 2 heterocycles. The molecule has 108 valence electrons. The number of hydrogen-bond donors (Lipinski definition) is 2. The summed E-state index contributed by atoms with van der Waals surface area (Å²) in [5.74, 6) is -0.935. The fourth-order valence-corrected chi connectivity index (χ4v) is 3.28. The first-order chi connectivity index (χ1) is 9.72. The minimum atomic E-state index is -0.687. The van der Waals surface area contributed by atoms with E-state index in [0.29, 0.717) is 13.0 Å². The van der Waals surface area contributed by atoms with E-state index < -0.39 is 5.97 Å². The van der Waals surface area contributed by atoms with Crippen LogP contribution in [0.15, 0.2) is 24.3 Å². The molecule has 2 aliphatic rings. The van der Waals surface area contributed by atoms with E-state index >= 15 is 0 Å². The van der Waals surface area contributed by atoms with Crippen LogP contribution >= 0.6 is 0 Å². The summed E-state index contributed by atoms with van der Waals surface area (Å²) in [5.41, 5.74) is 2.57. The highest BCUT2D eigenvalue weighted by Gasteiger charge is 2.30. The summed E-state index contributed by atoms with van der Waals surface area (Å²) in [4.78, 5) is 13.5. The number of carbonyl (C=O) groups is 1. The predicted octanol–water partition coefficient (Wildman–Crippen LogP) is 2.02. The summed E-state index contributed by atoms with van der Waals surface area (Å²) < 4.78 is 0. The molecule has 1 aromatic carbocycles. The Morgan fingerprint density at radius 3 is 2.85 bits per heavy atom. The number of carboxylic acid groups (broad SMARTS) is 1. The Morgan fingerprint density at radius 2 is 2.15 bits per heavy atom. The SMILES string of the molecule is O=C(O)C1CNC(c2cccc(CN3CCCC3)c2)C1. The Hall–Kier alpha value is -1.39. The smallest absolute Gasteiger partial charge is 0.307 e. The molecule has 4 heteroatoms. The maximum absolute atomic E-state index is 11.0. The van der Waals surface area contributed by atoms with Gasteiger partial charge in [0.1, 0.15) is 0 Å². The number of carboxylic acids is 1. The number of hydrogen-bond acceptors (Lipinski definition) is 3. The number of benzene rings is 1. The number of nitrogens with zero attached hydrogens (tertiary/aromatic N) is 1. The summed E-state index contributed by atoms with van der Waals surface area (Å²) in [6, 6.07) is 8.80. The van der Waals surface area contributed by atoms with Crippen molar-refractivity contribution >= 4 is 5.97 Å². The normalized spacial score (nSPS) is 27.0. The van der Waals surface area contributed by atoms with Gasteiger partial charge < -0.3 is 10.4 Å². The van der Waals surface area contributed by atoms with Gasteiger partial charge in [-0.3, -0.25) is 9.69 Å². The molecule has 0 saturated carbocycles. The van der Waals surface area contributed by atoms with Crippen molar-refractivity contribution in [1.82, 2.24) is 10.2 Å². The van der Waals surface area contributed by atoms with E-state index in [1.54, 1.807) is 0 Å². The van der Waals surface area contributed by atoms with Gasteiger partial charge in [-0.2, -0.15) is 0 Å². The molecule has 1 aromatic rings. The largest absolute Gasteiger partial charge is 0.481 e. The number of likely N-dealkylation sites (tertiary alicyclic amines) is 1. The van der Waals surface area contributed by atoms with Crippen molar-refractivity contribution in [2.75, 3.05) is 19.6 Å². The first-order valence-corrected chi connectivity index (χ1v) is 7.50. The van der Waals surface area contributed by atoms with Crippen LogP contribution in [0.5, 0.6) is 0 Å². The molecule has 20 heavy (non-hydrogen) atoms. The minimum Gasteiger partial charge on any atom is -0.481 e. The zero-order chi connectivity index (χ0) is 13.9. The van der Waals surface area contributed by atoms with Gasteiger partial charge in [0, 0.05) is 19.1 Å². The van der Waals surface area contributed by atoms with Crippen LogP contribution in [0.3, 0.4) is 0 Å².